The molecule has 3 aromatic rings. The first-order valence-electron chi connectivity index (χ1n) is 10.6. The summed E-state index contributed by atoms with van der Waals surface area (Å²) in [7, 11) is 1.36. The maximum Gasteiger partial charge on any atom is 0.417 e. The second kappa shape index (κ2) is 9.47. The molecule has 0 fully saturated rings. The predicted octanol–water partition coefficient (Wildman–Crippen LogP) is 6.58. The predicted molar refractivity (Wildman–Crippen MR) is 122 cm³/mol. The van der Waals surface area contributed by atoms with Gasteiger partial charge in [-0.15, -0.1) is 0 Å². The molecule has 0 aliphatic carbocycles. The van der Waals surface area contributed by atoms with Gasteiger partial charge in [0.05, 0.1) is 18.7 Å². The highest BCUT2D eigenvalue weighted by Crippen LogP contribution is 2.45. The molecule has 178 valence electrons. The summed E-state index contributed by atoms with van der Waals surface area (Å²) in [5.74, 6) is -0.357. The van der Waals surface area contributed by atoms with Gasteiger partial charge in [0.2, 0.25) is 0 Å². The number of rotatable bonds is 7. The van der Waals surface area contributed by atoms with Gasteiger partial charge in [-0.25, -0.2) is 4.39 Å². The van der Waals surface area contributed by atoms with Crippen molar-refractivity contribution in [3.8, 4) is 22.9 Å². The summed E-state index contributed by atoms with van der Waals surface area (Å²) in [6.45, 7) is 3.03. The van der Waals surface area contributed by atoms with Crippen molar-refractivity contribution in [1.29, 1.82) is 5.26 Å². The van der Waals surface area contributed by atoms with Gasteiger partial charge in [-0.05, 0) is 52.8 Å². The van der Waals surface area contributed by atoms with E-state index in [9.17, 15) is 27.9 Å². The number of nitrogens with zero attached hydrogens (tertiary/aromatic N) is 1. The second-order valence-electron chi connectivity index (χ2n) is 8.97. The van der Waals surface area contributed by atoms with Crippen molar-refractivity contribution in [3.63, 3.8) is 0 Å². The van der Waals surface area contributed by atoms with Crippen LogP contribution in [0.4, 0.5) is 17.6 Å². The van der Waals surface area contributed by atoms with E-state index >= 15 is 0 Å². The van der Waals surface area contributed by atoms with Crippen molar-refractivity contribution >= 4 is 0 Å². The topological polar surface area (TPSA) is 53.2 Å². The van der Waals surface area contributed by atoms with E-state index in [0.717, 1.165) is 6.07 Å². The Balaban J connectivity index is 1.93. The van der Waals surface area contributed by atoms with E-state index < -0.39 is 35.9 Å². The quantitative estimate of drug-likeness (QED) is 0.396. The standard InChI is InChI=1S/C27H25F4NO2/c1-25(2,23-14-21(28)12-13-24(23)34-3)17-26(33,27(29,30)31)15-18-8-10-19(11-9-18)22-7-5-4-6-20(22)16-32/h4-14,33H,15,17H2,1-3H3. The lowest BCUT2D eigenvalue weighted by Gasteiger charge is -2.38. The lowest BCUT2D eigenvalue weighted by atomic mass is 9.72. The molecule has 0 amide bonds. The van der Waals surface area contributed by atoms with Gasteiger partial charge in [-0.2, -0.15) is 18.4 Å². The maximum absolute atomic E-state index is 14.1. The van der Waals surface area contributed by atoms with Gasteiger partial charge >= 0.3 is 6.18 Å². The molecule has 1 unspecified atom stereocenters. The molecule has 0 saturated heterocycles. The van der Waals surface area contributed by atoms with Gasteiger partial charge in [0.25, 0.3) is 0 Å². The minimum absolute atomic E-state index is 0.237. The Kier molecular flexibility index (Phi) is 7.04. The summed E-state index contributed by atoms with van der Waals surface area (Å²) in [4.78, 5) is 0. The van der Waals surface area contributed by atoms with Crippen LogP contribution >= 0.6 is 0 Å². The fraction of sp³-hybridized carbons (Fsp3) is 0.296. The van der Waals surface area contributed by atoms with E-state index in [0.29, 0.717) is 16.7 Å². The van der Waals surface area contributed by atoms with Gasteiger partial charge in [0.15, 0.2) is 5.60 Å². The van der Waals surface area contributed by atoms with Gasteiger partial charge in [-0.3, -0.25) is 0 Å². The van der Waals surface area contributed by atoms with Crippen molar-refractivity contribution in [2.45, 2.75) is 43.9 Å². The largest absolute Gasteiger partial charge is 0.496 e. The Morgan fingerprint density at radius 1 is 0.971 bits per heavy atom. The molecule has 3 rings (SSSR count). The van der Waals surface area contributed by atoms with Crippen LogP contribution in [0.25, 0.3) is 11.1 Å². The first-order chi connectivity index (χ1) is 15.9. The third kappa shape index (κ3) is 5.23. The van der Waals surface area contributed by atoms with Crippen LogP contribution in [0.1, 0.15) is 37.0 Å². The van der Waals surface area contributed by atoms with Crippen LogP contribution in [-0.4, -0.2) is 24.0 Å². The van der Waals surface area contributed by atoms with Crippen LogP contribution in [0.5, 0.6) is 5.75 Å². The van der Waals surface area contributed by atoms with Crippen molar-refractivity contribution in [1.82, 2.24) is 0 Å². The molecule has 7 heteroatoms. The molecule has 1 N–H and O–H groups in total. The number of hydrogen-bond donors (Lipinski definition) is 1. The minimum atomic E-state index is -4.93. The Morgan fingerprint density at radius 2 is 1.62 bits per heavy atom. The highest BCUT2D eigenvalue weighted by Gasteiger charge is 2.56. The van der Waals surface area contributed by atoms with Crippen molar-refractivity contribution in [3.05, 3.63) is 89.2 Å². The summed E-state index contributed by atoms with van der Waals surface area (Å²) in [5.41, 5.74) is -2.01. The Bertz CT molecular complexity index is 1200. The average molecular weight is 471 g/mol. The molecule has 0 radical (unpaired) electrons. The van der Waals surface area contributed by atoms with Gasteiger partial charge in [0.1, 0.15) is 11.6 Å². The van der Waals surface area contributed by atoms with Crippen LogP contribution in [-0.2, 0) is 11.8 Å². The first kappa shape index (κ1) is 25.3. The van der Waals surface area contributed by atoms with Crippen LogP contribution in [0, 0.1) is 17.1 Å². The molecule has 1 atom stereocenters. The zero-order valence-corrected chi connectivity index (χ0v) is 19.1. The second-order valence-corrected chi connectivity index (χ2v) is 8.97. The molecule has 3 nitrogen and oxygen atoms in total. The molecule has 0 aliphatic heterocycles. The van der Waals surface area contributed by atoms with Crippen molar-refractivity contribution in [2.75, 3.05) is 7.11 Å². The normalized spacial score (nSPS) is 13.7. The maximum atomic E-state index is 14.1. The Hall–Kier alpha value is -3.37. The highest BCUT2D eigenvalue weighted by molar-refractivity contribution is 5.70. The third-order valence-corrected chi connectivity index (χ3v) is 5.96. The summed E-state index contributed by atoms with van der Waals surface area (Å²) in [6, 6.07) is 19.0. The van der Waals surface area contributed by atoms with Crippen molar-refractivity contribution in [2.24, 2.45) is 0 Å². The summed E-state index contributed by atoms with van der Waals surface area (Å²) >= 11 is 0. The molecule has 0 aromatic heterocycles. The number of nitriles is 1. The number of aliphatic hydroxyl groups is 1. The van der Waals surface area contributed by atoms with Crippen LogP contribution in [0.2, 0.25) is 0 Å². The number of alkyl halides is 3. The molecular weight excluding hydrogens is 446 g/mol. The number of benzene rings is 3. The molecule has 0 heterocycles. The molecule has 34 heavy (non-hydrogen) atoms. The van der Waals surface area contributed by atoms with E-state index in [2.05, 4.69) is 6.07 Å². The van der Waals surface area contributed by atoms with Crippen LogP contribution in [0.15, 0.2) is 66.7 Å². The molecule has 0 bridgehead atoms. The lowest BCUT2D eigenvalue weighted by Crippen LogP contribution is -2.50. The Labute approximate surface area is 196 Å². The number of halogens is 4. The lowest BCUT2D eigenvalue weighted by molar-refractivity contribution is -0.266. The van der Waals surface area contributed by atoms with Crippen LogP contribution < -0.4 is 4.74 Å². The Morgan fingerprint density at radius 3 is 2.21 bits per heavy atom. The molecule has 0 spiro atoms. The third-order valence-electron chi connectivity index (χ3n) is 5.96. The number of ether oxygens (including phenoxy) is 1. The van der Waals surface area contributed by atoms with E-state index in [-0.39, 0.29) is 16.9 Å². The average Bonchev–Trinajstić information content (AvgIpc) is 2.78. The van der Waals surface area contributed by atoms with Gasteiger partial charge in [0, 0.05) is 12.0 Å². The van der Waals surface area contributed by atoms with Crippen molar-refractivity contribution < 1.29 is 27.4 Å². The summed E-state index contributed by atoms with van der Waals surface area (Å²) in [5, 5.41) is 20.2. The summed E-state index contributed by atoms with van der Waals surface area (Å²) in [6.07, 6.45) is -6.32. The first-order valence-corrected chi connectivity index (χ1v) is 10.6. The van der Waals surface area contributed by atoms with E-state index in [1.54, 1.807) is 36.4 Å². The number of hydrogen-bond acceptors (Lipinski definition) is 3. The number of methoxy groups -OCH3 is 1. The molecular formula is C27H25F4NO2. The van der Waals surface area contributed by atoms with Gasteiger partial charge in [-0.1, -0.05) is 56.3 Å². The smallest absolute Gasteiger partial charge is 0.417 e. The molecule has 3 aromatic carbocycles. The van der Waals surface area contributed by atoms with Crippen LogP contribution in [0.3, 0.4) is 0 Å². The van der Waals surface area contributed by atoms with E-state index in [1.807, 2.05) is 0 Å². The molecule has 0 saturated carbocycles. The zero-order chi connectivity index (χ0) is 25.1. The van der Waals surface area contributed by atoms with E-state index in [4.69, 9.17) is 4.74 Å². The molecule has 0 aliphatic rings. The zero-order valence-electron chi connectivity index (χ0n) is 19.1. The minimum Gasteiger partial charge on any atom is -0.496 e. The SMILES string of the molecule is COc1ccc(F)cc1C(C)(C)CC(O)(Cc1ccc(-c2ccccc2C#N)cc1)C(F)(F)F. The fourth-order valence-electron chi connectivity index (χ4n) is 4.27. The summed E-state index contributed by atoms with van der Waals surface area (Å²) < 4.78 is 61.6. The highest BCUT2D eigenvalue weighted by atomic mass is 19.4. The fourth-order valence-corrected chi connectivity index (χ4v) is 4.27. The monoisotopic (exact) mass is 471 g/mol. The van der Waals surface area contributed by atoms with Gasteiger partial charge < -0.3 is 9.84 Å². The van der Waals surface area contributed by atoms with E-state index in [1.165, 1.54) is 45.2 Å².